The molecular formula is C28H58O3. The van der Waals surface area contributed by atoms with Gasteiger partial charge in [0.25, 0.3) is 0 Å². The largest absolute Gasteiger partial charge is 0.396 e. The molecule has 2 unspecified atom stereocenters. The van der Waals surface area contributed by atoms with E-state index in [1.54, 1.807) is 0 Å². The maximum atomic E-state index is 8.93. The zero-order chi connectivity index (χ0) is 23.6. The first kappa shape index (κ1) is 30.9. The molecule has 2 atom stereocenters. The van der Waals surface area contributed by atoms with Crippen molar-refractivity contribution >= 4 is 0 Å². The van der Waals surface area contributed by atoms with E-state index in [1.165, 1.54) is 77.0 Å². The van der Waals surface area contributed by atoms with Crippen molar-refractivity contribution in [2.24, 2.45) is 0 Å². The lowest BCUT2D eigenvalue weighted by Crippen LogP contribution is -2.41. The Morgan fingerprint density at radius 3 is 1.16 bits per heavy atom. The van der Waals surface area contributed by atoms with Gasteiger partial charge < -0.3 is 14.6 Å². The van der Waals surface area contributed by atoms with E-state index in [-0.39, 0.29) is 23.4 Å². The molecule has 0 aliphatic rings. The summed E-state index contributed by atoms with van der Waals surface area (Å²) in [6.07, 6.45) is 20.3. The highest BCUT2D eigenvalue weighted by Crippen LogP contribution is 2.27. The number of aliphatic hydroxyl groups excluding tert-OH is 1. The minimum Gasteiger partial charge on any atom is -0.396 e. The molecular weight excluding hydrogens is 384 g/mol. The summed E-state index contributed by atoms with van der Waals surface area (Å²) in [5, 5.41) is 8.93. The molecule has 31 heavy (non-hydrogen) atoms. The summed E-state index contributed by atoms with van der Waals surface area (Å²) in [7, 11) is 0. The van der Waals surface area contributed by atoms with Gasteiger partial charge in [0, 0.05) is 6.61 Å². The molecule has 0 aliphatic carbocycles. The zero-order valence-electron chi connectivity index (χ0n) is 22.4. The van der Waals surface area contributed by atoms with E-state index in [9.17, 15) is 0 Å². The Kier molecular flexibility index (Phi) is 18.3. The van der Waals surface area contributed by atoms with Gasteiger partial charge in [-0.25, -0.2) is 0 Å². The fourth-order valence-corrected chi connectivity index (χ4v) is 4.19. The number of aliphatic hydroxyl groups is 1. The molecule has 1 N–H and O–H groups in total. The lowest BCUT2D eigenvalue weighted by Gasteiger charge is -2.37. The van der Waals surface area contributed by atoms with Crippen LogP contribution in [0.4, 0.5) is 0 Å². The van der Waals surface area contributed by atoms with Gasteiger partial charge in [-0.05, 0) is 60.8 Å². The number of hydrogen-bond donors (Lipinski definition) is 1. The van der Waals surface area contributed by atoms with Crippen molar-refractivity contribution in [3.63, 3.8) is 0 Å². The first-order valence-corrected chi connectivity index (χ1v) is 13.6. The number of rotatable bonds is 20. The Balaban J connectivity index is 4.62. The first-order valence-electron chi connectivity index (χ1n) is 13.6. The summed E-state index contributed by atoms with van der Waals surface area (Å²) < 4.78 is 13.1. The van der Waals surface area contributed by atoms with Gasteiger partial charge in [-0.3, -0.25) is 0 Å². The van der Waals surface area contributed by atoms with E-state index in [0.717, 1.165) is 25.7 Å². The highest BCUT2D eigenvalue weighted by Gasteiger charge is 2.30. The maximum absolute atomic E-state index is 8.93. The molecule has 0 bridgehead atoms. The smallest absolute Gasteiger partial charge is 0.0844 e. The van der Waals surface area contributed by atoms with E-state index in [4.69, 9.17) is 14.6 Å². The molecule has 0 spiro atoms. The molecule has 0 fully saturated rings. The van der Waals surface area contributed by atoms with Gasteiger partial charge in [-0.15, -0.1) is 0 Å². The summed E-state index contributed by atoms with van der Waals surface area (Å²) in [4.78, 5) is 0. The van der Waals surface area contributed by atoms with Crippen molar-refractivity contribution in [1.29, 1.82) is 0 Å². The quantitative estimate of drug-likeness (QED) is 0.192. The molecule has 0 radical (unpaired) electrons. The Bertz CT molecular complexity index is 381. The molecule has 188 valence electrons. The van der Waals surface area contributed by atoms with Crippen LogP contribution >= 0.6 is 0 Å². The van der Waals surface area contributed by atoms with Crippen LogP contribution in [-0.2, 0) is 9.47 Å². The predicted molar refractivity (Wildman–Crippen MR) is 136 cm³/mol. The lowest BCUT2D eigenvalue weighted by atomic mass is 9.97. The molecule has 0 aliphatic heterocycles. The average molecular weight is 443 g/mol. The molecule has 0 aromatic heterocycles. The van der Waals surface area contributed by atoms with Gasteiger partial charge in [-0.2, -0.15) is 0 Å². The lowest BCUT2D eigenvalue weighted by molar-refractivity contribution is -0.167. The maximum Gasteiger partial charge on any atom is 0.0844 e. The monoisotopic (exact) mass is 442 g/mol. The molecule has 0 saturated heterocycles. The van der Waals surface area contributed by atoms with Gasteiger partial charge in [0.1, 0.15) is 0 Å². The molecule has 0 rings (SSSR count). The van der Waals surface area contributed by atoms with Gasteiger partial charge in [0.05, 0.1) is 23.4 Å². The van der Waals surface area contributed by atoms with Crippen molar-refractivity contribution < 1.29 is 14.6 Å². The fraction of sp³-hybridized carbons (Fsp3) is 1.00. The van der Waals surface area contributed by atoms with Crippen LogP contribution in [-0.4, -0.2) is 35.1 Å². The van der Waals surface area contributed by atoms with Crippen molar-refractivity contribution in [2.75, 3.05) is 6.61 Å². The summed E-state index contributed by atoms with van der Waals surface area (Å²) in [5.41, 5.74) is -0.292. The van der Waals surface area contributed by atoms with Crippen LogP contribution in [0.25, 0.3) is 0 Å². The average Bonchev–Trinajstić information content (AvgIpc) is 2.65. The van der Waals surface area contributed by atoms with Crippen LogP contribution in [0.2, 0.25) is 0 Å². The second-order valence-corrected chi connectivity index (χ2v) is 11.4. The van der Waals surface area contributed by atoms with E-state index in [0.29, 0.717) is 6.61 Å². The highest BCUT2D eigenvalue weighted by molar-refractivity contribution is 4.78. The van der Waals surface area contributed by atoms with Crippen LogP contribution in [0.15, 0.2) is 0 Å². The second-order valence-electron chi connectivity index (χ2n) is 11.4. The summed E-state index contributed by atoms with van der Waals surface area (Å²) >= 11 is 0. The molecule has 0 saturated carbocycles. The Hall–Kier alpha value is -0.120. The van der Waals surface area contributed by atoms with Gasteiger partial charge >= 0.3 is 0 Å². The van der Waals surface area contributed by atoms with Crippen LogP contribution < -0.4 is 0 Å². The third kappa shape index (κ3) is 21.5. The van der Waals surface area contributed by atoms with Crippen molar-refractivity contribution in [3.8, 4) is 0 Å². The zero-order valence-corrected chi connectivity index (χ0v) is 22.4. The molecule has 0 aromatic rings. The Labute approximate surface area is 196 Å². The van der Waals surface area contributed by atoms with Crippen LogP contribution in [0.3, 0.4) is 0 Å². The first-order chi connectivity index (χ1) is 14.6. The number of hydrogen-bond acceptors (Lipinski definition) is 3. The fourth-order valence-electron chi connectivity index (χ4n) is 4.19. The summed E-state index contributed by atoms with van der Waals surface area (Å²) in [6.45, 7) is 15.6. The third-order valence-electron chi connectivity index (χ3n) is 5.66. The predicted octanol–water partition coefficient (Wildman–Crippen LogP) is 8.61. The van der Waals surface area contributed by atoms with Crippen LogP contribution in [0, 0.1) is 0 Å². The molecule has 0 heterocycles. The van der Waals surface area contributed by atoms with Gasteiger partial charge in [0.15, 0.2) is 0 Å². The van der Waals surface area contributed by atoms with E-state index in [2.05, 4.69) is 48.5 Å². The molecule has 3 heteroatoms. The van der Waals surface area contributed by atoms with E-state index in [1.807, 2.05) is 0 Å². The highest BCUT2D eigenvalue weighted by atomic mass is 16.6. The summed E-state index contributed by atoms with van der Waals surface area (Å²) in [5.74, 6) is 0. The minimum atomic E-state index is -0.148. The Morgan fingerprint density at radius 1 is 0.516 bits per heavy atom. The molecule has 0 aromatic carbocycles. The van der Waals surface area contributed by atoms with E-state index >= 15 is 0 Å². The number of unbranched alkanes of at least 4 members (excludes halogenated alkanes) is 12. The summed E-state index contributed by atoms with van der Waals surface area (Å²) in [6, 6.07) is 0. The number of ether oxygens (including phenoxy) is 2. The van der Waals surface area contributed by atoms with Crippen molar-refractivity contribution in [1.82, 2.24) is 0 Å². The minimum absolute atomic E-state index is 0.144. The van der Waals surface area contributed by atoms with E-state index < -0.39 is 0 Å². The Morgan fingerprint density at radius 2 is 0.839 bits per heavy atom. The van der Waals surface area contributed by atoms with Gasteiger partial charge in [-0.1, -0.05) is 90.4 Å². The third-order valence-corrected chi connectivity index (χ3v) is 5.66. The van der Waals surface area contributed by atoms with Crippen molar-refractivity contribution in [3.05, 3.63) is 0 Å². The molecule has 0 amide bonds. The van der Waals surface area contributed by atoms with Gasteiger partial charge in [0.2, 0.25) is 0 Å². The van der Waals surface area contributed by atoms with Crippen molar-refractivity contribution in [2.45, 2.75) is 175 Å². The van der Waals surface area contributed by atoms with Crippen LogP contribution in [0.1, 0.15) is 151 Å². The normalized spacial score (nSPS) is 14.7. The standard InChI is InChI=1S/C28H58O3/c1-8-9-10-11-12-13-16-19-22-25(30-27(2,3)4)26(31-28(5,6)7)23-20-17-14-15-18-21-24-29/h25-26,29H,8-24H2,1-7H3. The second kappa shape index (κ2) is 18.3. The SMILES string of the molecule is CCCCCCCCCCC(OC(C)(C)C)C(CCCCCCCCO)OC(C)(C)C. The molecule has 3 nitrogen and oxygen atoms in total. The van der Waals surface area contributed by atoms with Crippen LogP contribution in [0.5, 0.6) is 0 Å². The topological polar surface area (TPSA) is 38.7 Å².